The van der Waals surface area contributed by atoms with Crippen molar-refractivity contribution in [2.75, 3.05) is 4.90 Å². The van der Waals surface area contributed by atoms with Crippen LogP contribution in [-0.2, 0) is 0 Å². The number of nitrogens with zero attached hydrogens (tertiary/aromatic N) is 1. The molecule has 0 unspecified atom stereocenters. The first-order valence-electron chi connectivity index (χ1n) is 14.5. The van der Waals surface area contributed by atoms with E-state index < -0.39 is 0 Å². The molecule has 0 bridgehead atoms. The monoisotopic (exact) mass is 583 g/mol. The summed E-state index contributed by atoms with van der Waals surface area (Å²) >= 11 is 3.74. The molecule has 0 N–H and O–H groups in total. The number of benzene rings is 7. The summed E-state index contributed by atoms with van der Waals surface area (Å²) < 4.78 is 5.26. The van der Waals surface area contributed by atoms with Gasteiger partial charge in [-0.25, -0.2) is 0 Å². The van der Waals surface area contributed by atoms with Crippen molar-refractivity contribution >= 4 is 90.9 Å². The van der Waals surface area contributed by atoms with Crippen molar-refractivity contribution in [1.82, 2.24) is 0 Å². The van der Waals surface area contributed by atoms with Crippen LogP contribution in [0.5, 0.6) is 0 Å². The molecule has 1 nitrogen and oxygen atoms in total. The summed E-state index contributed by atoms with van der Waals surface area (Å²) in [5.41, 5.74) is 5.90. The average Bonchev–Trinajstić information content (AvgIpc) is 3.63. The Kier molecular flexibility index (Phi) is 5.62. The summed E-state index contributed by atoms with van der Waals surface area (Å²) in [6, 6.07) is 55.4. The van der Waals surface area contributed by atoms with Crippen LogP contribution in [0.1, 0.15) is 0 Å². The fourth-order valence-corrected chi connectivity index (χ4v) is 8.73. The molecule has 0 fully saturated rings. The molecule has 9 aromatic rings. The van der Waals surface area contributed by atoms with Gasteiger partial charge < -0.3 is 4.90 Å². The van der Waals surface area contributed by atoms with Crippen LogP contribution in [0.4, 0.5) is 17.1 Å². The van der Waals surface area contributed by atoms with Crippen molar-refractivity contribution in [3.8, 4) is 11.1 Å². The zero-order valence-electron chi connectivity index (χ0n) is 23.2. The van der Waals surface area contributed by atoms with Crippen LogP contribution in [-0.4, -0.2) is 0 Å². The van der Waals surface area contributed by atoms with Crippen molar-refractivity contribution < 1.29 is 0 Å². The first kappa shape index (κ1) is 24.6. The van der Waals surface area contributed by atoms with Gasteiger partial charge in [0, 0.05) is 57.3 Å². The smallest absolute Gasteiger partial charge is 0.0540 e. The lowest BCUT2D eigenvalue weighted by atomic mass is 10.0. The molecule has 0 aliphatic rings. The van der Waals surface area contributed by atoms with Gasteiger partial charge in [-0.2, -0.15) is 0 Å². The van der Waals surface area contributed by atoms with Gasteiger partial charge in [-0.05, 0) is 64.9 Å². The third-order valence-electron chi connectivity index (χ3n) is 8.45. The highest BCUT2D eigenvalue weighted by atomic mass is 32.1. The van der Waals surface area contributed by atoms with E-state index in [1.165, 1.54) is 62.2 Å². The molecule has 0 atom stereocenters. The Morgan fingerprint density at radius 3 is 1.98 bits per heavy atom. The third-order valence-corrected chi connectivity index (χ3v) is 10.7. The molecule has 0 saturated carbocycles. The third kappa shape index (κ3) is 3.97. The van der Waals surface area contributed by atoms with Crippen molar-refractivity contribution in [3.05, 3.63) is 152 Å². The molecule has 2 aromatic heterocycles. The van der Waals surface area contributed by atoms with Gasteiger partial charge in [0.05, 0.1) is 5.69 Å². The molecule has 9 rings (SSSR count). The van der Waals surface area contributed by atoms with E-state index in [1.807, 2.05) is 22.7 Å². The van der Waals surface area contributed by atoms with Crippen molar-refractivity contribution in [3.63, 3.8) is 0 Å². The van der Waals surface area contributed by atoms with E-state index in [0.29, 0.717) is 0 Å². The number of anilines is 3. The van der Waals surface area contributed by atoms with Crippen LogP contribution in [0.25, 0.3) is 62.2 Å². The van der Waals surface area contributed by atoms with Gasteiger partial charge in [0.15, 0.2) is 0 Å². The van der Waals surface area contributed by atoms with Crippen LogP contribution in [0.3, 0.4) is 0 Å². The van der Waals surface area contributed by atoms with E-state index in [1.54, 1.807) is 0 Å². The Hall–Kier alpha value is -4.96. The molecule has 0 spiro atoms. The normalized spacial score (nSPS) is 11.7. The maximum absolute atomic E-state index is 2.44. The van der Waals surface area contributed by atoms with E-state index in [2.05, 4.69) is 157 Å². The molecule has 0 amide bonds. The minimum absolute atomic E-state index is 1.16. The standard InChI is InChI=1S/C40H25NS2/c1-2-10-26(11-3-1)30-13-6-8-16-35(30)41(29-19-21-33-32-15-7-9-17-36(32)43-39(33)25-29)28-20-23-37-34(24-28)40-31-14-5-4-12-27(31)18-22-38(40)42-37/h1-25H. The minimum Gasteiger partial charge on any atom is -0.310 e. The molecule has 7 aromatic carbocycles. The van der Waals surface area contributed by atoms with E-state index >= 15 is 0 Å². The lowest BCUT2D eigenvalue weighted by Crippen LogP contribution is -2.11. The summed E-state index contributed by atoms with van der Waals surface area (Å²) in [6.07, 6.45) is 0. The number of hydrogen-bond acceptors (Lipinski definition) is 3. The number of rotatable bonds is 4. The number of para-hydroxylation sites is 1. The number of thiophene rings is 2. The van der Waals surface area contributed by atoms with Gasteiger partial charge >= 0.3 is 0 Å². The van der Waals surface area contributed by atoms with Crippen LogP contribution in [0.2, 0.25) is 0 Å². The predicted molar refractivity (Wildman–Crippen MR) is 190 cm³/mol. The quantitative estimate of drug-likeness (QED) is 0.199. The Bertz CT molecular complexity index is 2470. The molecule has 0 radical (unpaired) electrons. The first-order chi connectivity index (χ1) is 21.3. The van der Waals surface area contributed by atoms with Crippen LogP contribution >= 0.6 is 22.7 Å². The van der Waals surface area contributed by atoms with Crippen LogP contribution < -0.4 is 4.90 Å². The number of fused-ring (bicyclic) bond motifs is 8. The van der Waals surface area contributed by atoms with E-state index in [9.17, 15) is 0 Å². The van der Waals surface area contributed by atoms with Gasteiger partial charge in [-0.15, -0.1) is 22.7 Å². The van der Waals surface area contributed by atoms with E-state index in [4.69, 9.17) is 0 Å². The summed E-state index contributed by atoms with van der Waals surface area (Å²) in [4.78, 5) is 2.44. The molecule has 3 heteroatoms. The van der Waals surface area contributed by atoms with Gasteiger partial charge in [0.1, 0.15) is 0 Å². The van der Waals surface area contributed by atoms with Crippen molar-refractivity contribution in [2.24, 2.45) is 0 Å². The second-order valence-electron chi connectivity index (χ2n) is 10.9. The zero-order chi connectivity index (χ0) is 28.3. The molecule has 0 saturated heterocycles. The summed E-state index contributed by atoms with van der Waals surface area (Å²) in [5, 5.41) is 7.87. The van der Waals surface area contributed by atoms with Crippen molar-refractivity contribution in [2.45, 2.75) is 0 Å². The molecule has 0 aliphatic carbocycles. The second-order valence-corrected chi connectivity index (χ2v) is 13.1. The van der Waals surface area contributed by atoms with Gasteiger partial charge in [0.2, 0.25) is 0 Å². The summed E-state index contributed by atoms with van der Waals surface area (Å²) in [5.74, 6) is 0. The average molecular weight is 584 g/mol. The fourth-order valence-electron chi connectivity index (χ4n) is 6.49. The Morgan fingerprint density at radius 1 is 0.395 bits per heavy atom. The molecule has 43 heavy (non-hydrogen) atoms. The molecule has 2 heterocycles. The van der Waals surface area contributed by atoms with Gasteiger partial charge in [-0.3, -0.25) is 0 Å². The van der Waals surface area contributed by atoms with Crippen LogP contribution in [0, 0.1) is 0 Å². The Morgan fingerprint density at radius 2 is 1.05 bits per heavy atom. The van der Waals surface area contributed by atoms with Gasteiger partial charge in [0.25, 0.3) is 0 Å². The molecular formula is C40H25NS2. The predicted octanol–water partition coefficient (Wildman–Crippen LogP) is 12.7. The fraction of sp³-hybridized carbons (Fsp3) is 0. The summed E-state index contributed by atoms with van der Waals surface area (Å²) in [6.45, 7) is 0. The van der Waals surface area contributed by atoms with Gasteiger partial charge in [-0.1, -0.05) is 103 Å². The second kappa shape index (κ2) is 9.81. The molecule has 0 aliphatic heterocycles. The lowest BCUT2D eigenvalue weighted by molar-refractivity contribution is 1.30. The Labute approximate surface area is 257 Å². The summed E-state index contributed by atoms with van der Waals surface area (Å²) in [7, 11) is 0. The highest BCUT2D eigenvalue weighted by molar-refractivity contribution is 7.26. The highest BCUT2D eigenvalue weighted by Gasteiger charge is 2.20. The largest absolute Gasteiger partial charge is 0.310 e. The highest BCUT2D eigenvalue weighted by Crippen LogP contribution is 2.46. The molecular weight excluding hydrogens is 559 g/mol. The lowest BCUT2D eigenvalue weighted by Gasteiger charge is -2.28. The van der Waals surface area contributed by atoms with E-state index in [-0.39, 0.29) is 0 Å². The minimum atomic E-state index is 1.16. The maximum Gasteiger partial charge on any atom is 0.0540 e. The van der Waals surface area contributed by atoms with Crippen molar-refractivity contribution in [1.29, 1.82) is 0 Å². The maximum atomic E-state index is 2.44. The first-order valence-corrected chi connectivity index (χ1v) is 16.1. The zero-order valence-corrected chi connectivity index (χ0v) is 24.8. The number of hydrogen-bond donors (Lipinski definition) is 0. The van der Waals surface area contributed by atoms with E-state index in [0.717, 1.165) is 17.1 Å². The van der Waals surface area contributed by atoms with Crippen LogP contribution in [0.15, 0.2) is 152 Å². The topological polar surface area (TPSA) is 3.24 Å². The molecule has 202 valence electrons. The SMILES string of the molecule is c1ccc(-c2ccccc2N(c2ccc3c(c2)sc2ccccc23)c2ccc3sc4ccc5ccccc5c4c3c2)cc1. The Balaban J connectivity index is 1.33.